The number of nitrogens with two attached hydrogens (primary N) is 1. The number of nitrogen functional groups attached to an aromatic ring is 1. The third-order valence-corrected chi connectivity index (χ3v) is 3.42. The van der Waals surface area contributed by atoms with Crippen LogP contribution in [0, 0.1) is 0 Å². The lowest BCUT2D eigenvalue weighted by Gasteiger charge is -2.34. The molecule has 0 aliphatic carbocycles. The largest absolute Gasteiger partial charge is 0.495 e. The van der Waals surface area contributed by atoms with Gasteiger partial charge in [-0.15, -0.1) is 0 Å². The number of piperazine rings is 1. The molecule has 1 fully saturated rings. The van der Waals surface area contributed by atoms with Gasteiger partial charge >= 0.3 is 0 Å². The van der Waals surface area contributed by atoms with Crippen molar-refractivity contribution in [2.24, 2.45) is 5.84 Å². The van der Waals surface area contributed by atoms with Gasteiger partial charge in [-0.3, -0.25) is 10.2 Å². The van der Waals surface area contributed by atoms with Crippen molar-refractivity contribution >= 4 is 11.6 Å². The first-order valence-electron chi connectivity index (χ1n) is 6.28. The van der Waals surface area contributed by atoms with Gasteiger partial charge in [0.25, 0.3) is 5.91 Å². The highest BCUT2D eigenvalue weighted by Gasteiger charge is 2.19. The average molecular weight is 264 g/mol. The summed E-state index contributed by atoms with van der Waals surface area (Å²) >= 11 is 0. The zero-order chi connectivity index (χ0) is 13.8. The fourth-order valence-electron chi connectivity index (χ4n) is 2.21. The van der Waals surface area contributed by atoms with Crippen molar-refractivity contribution < 1.29 is 9.53 Å². The first kappa shape index (κ1) is 13.6. The number of nitrogens with zero attached hydrogens (tertiary/aromatic N) is 2. The normalized spacial score (nSPS) is 16.3. The Balaban J connectivity index is 2.28. The van der Waals surface area contributed by atoms with E-state index in [1.807, 2.05) is 6.07 Å². The molecule has 6 heteroatoms. The molecule has 0 aromatic heterocycles. The van der Waals surface area contributed by atoms with E-state index in [0.29, 0.717) is 5.56 Å². The number of anilines is 1. The Morgan fingerprint density at radius 2 is 2.00 bits per heavy atom. The van der Waals surface area contributed by atoms with Gasteiger partial charge in [-0.05, 0) is 25.2 Å². The predicted octanol–water partition coefficient (Wildman–Crippen LogP) is 0.0505. The van der Waals surface area contributed by atoms with Crippen LogP contribution in [0.4, 0.5) is 5.69 Å². The van der Waals surface area contributed by atoms with Gasteiger partial charge in [-0.25, -0.2) is 5.84 Å². The van der Waals surface area contributed by atoms with Crippen molar-refractivity contribution in [3.63, 3.8) is 0 Å². The number of hydrogen-bond acceptors (Lipinski definition) is 5. The molecule has 2 rings (SSSR count). The maximum absolute atomic E-state index is 11.6. The van der Waals surface area contributed by atoms with Gasteiger partial charge in [-0.2, -0.15) is 0 Å². The number of carbonyl (C=O) groups excluding carboxylic acids is 1. The van der Waals surface area contributed by atoms with E-state index in [4.69, 9.17) is 10.6 Å². The quantitative estimate of drug-likeness (QED) is 0.458. The molecule has 104 valence electrons. The second-order valence-corrected chi connectivity index (χ2v) is 4.65. The van der Waals surface area contributed by atoms with Crippen LogP contribution in [0.3, 0.4) is 0 Å². The summed E-state index contributed by atoms with van der Waals surface area (Å²) in [6, 6.07) is 5.34. The van der Waals surface area contributed by atoms with Crippen LogP contribution in [0.15, 0.2) is 18.2 Å². The van der Waals surface area contributed by atoms with Crippen LogP contribution in [0.5, 0.6) is 5.75 Å². The van der Waals surface area contributed by atoms with Crippen LogP contribution in [0.2, 0.25) is 0 Å². The third kappa shape index (κ3) is 2.97. The summed E-state index contributed by atoms with van der Waals surface area (Å²) in [6.07, 6.45) is 0. The zero-order valence-corrected chi connectivity index (χ0v) is 11.3. The number of hydrazine groups is 1. The molecule has 3 N–H and O–H groups in total. The van der Waals surface area contributed by atoms with Gasteiger partial charge in [0.15, 0.2) is 0 Å². The van der Waals surface area contributed by atoms with Crippen LogP contribution in [0.1, 0.15) is 10.4 Å². The monoisotopic (exact) mass is 264 g/mol. The summed E-state index contributed by atoms with van der Waals surface area (Å²) in [4.78, 5) is 16.1. The molecule has 19 heavy (non-hydrogen) atoms. The molecule has 0 bridgehead atoms. The van der Waals surface area contributed by atoms with E-state index in [1.165, 1.54) is 0 Å². The van der Waals surface area contributed by atoms with Crippen molar-refractivity contribution in [1.29, 1.82) is 0 Å². The Bertz CT molecular complexity index is 456. The molecule has 1 aliphatic heterocycles. The minimum Gasteiger partial charge on any atom is -0.495 e. The number of nitrogens with one attached hydrogen (secondary N) is 1. The number of carbonyl (C=O) groups is 1. The molecule has 1 aliphatic rings. The topological polar surface area (TPSA) is 70.8 Å². The minimum absolute atomic E-state index is 0.293. The van der Waals surface area contributed by atoms with E-state index in [2.05, 4.69) is 22.3 Å². The lowest BCUT2D eigenvalue weighted by atomic mass is 10.1. The molecule has 0 spiro atoms. The molecule has 1 aromatic rings. The number of likely N-dealkylation sites (N-methyl/N-ethyl adjacent to an activating group) is 1. The molecule has 0 unspecified atom stereocenters. The number of methoxy groups -OCH3 is 1. The number of amides is 1. The van der Waals surface area contributed by atoms with Crippen molar-refractivity contribution in [3.05, 3.63) is 23.8 Å². The summed E-state index contributed by atoms with van der Waals surface area (Å²) < 4.78 is 5.38. The Kier molecular flexibility index (Phi) is 4.24. The number of rotatable bonds is 3. The molecular weight excluding hydrogens is 244 g/mol. The molecule has 0 saturated carbocycles. The zero-order valence-electron chi connectivity index (χ0n) is 11.3. The number of ether oxygens (including phenoxy) is 1. The summed E-state index contributed by atoms with van der Waals surface area (Å²) in [6.45, 7) is 3.83. The molecule has 1 heterocycles. The fourth-order valence-corrected chi connectivity index (χ4v) is 2.21. The van der Waals surface area contributed by atoms with Gasteiger partial charge in [0.05, 0.1) is 12.8 Å². The standard InChI is InChI=1S/C13H20N4O2/c1-16-5-7-17(8-6-16)11-9-10(13(18)15-14)3-4-12(11)19-2/h3-4,9H,5-8,14H2,1-2H3,(H,15,18). The van der Waals surface area contributed by atoms with Crippen LogP contribution in [-0.4, -0.2) is 51.1 Å². The SMILES string of the molecule is COc1ccc(C(=O)NN)cc1N1CCN(C)CC1. The van der Waals surface area contributed by atoms with Crippen molar-refractivity contribution in [1.82, 2.24) is 10.3 Å². The Labute approximate surface area is 113 Å². The smallest absolute Gasteiger partial charge is 0.265 e. The molecular formula is C13H20N4O2. The molecule has 6 nitrogen and oxygen atoms in total. The Morgan fingerprint density at radius 1 is 1.32 bits per heavy atom. The molecule has 1 amide bonds. The van der Waals surface area contributed by atoms with E-state index in [9.17, 15) is 4.79 Å². The summed E-state index contributed by atoms with van der Waals surface area (Å²) in [7, 11) is 3.74. The Morgan fingerprint density at radius 3 is 2.58 bits per heavy atom. The van der Waals surface area contributed by atoms with Crippen LogP contribution >= 0.6 is 0 Å². The second kappa shape index (κ2) is 5.90. The lowest BCUT2D eigenvalue weighted by molar-refractivity contribution is 0.0953. The average Bonchev–Trinajstić information content (AvgIpc) is 2.46. The minimum atomic E-state index is -0.293. The van der Waals surface area contributed by atoms with E-state index in [0.717, 1.165) is 37.6 Å². The van der Waals surface area contributed by atoms with Gasteiger partial charge in [-0.1, -0.05) is 0 Å². The number of hydrogen-bond donors (Lipinski definition) is 2. The lowest BCUT2D eigenvalue weighted by Crippen LogP contribution is -2.44. The van der Waals surface area contributed by atoms with Crippen LogP contribution in [-0.2, 0) is 0 Å². The van der Waals surface area contributed by atoms with E-state index in [1.54, 1.807) is 19.2 Å². The highest BCUT2D eigenvalue weighted by molar-refractivity contribution is 5.95. The molecule has 0 radical (unpaired) electrons. The summed E-state index contributed by atoms with van der Waals surface area (Å²) in [5, 5.41) is 0. The van der Waals surface area contributed by atoms with Crippen LogP contribution in [0.25, 0.3) is 0 Å². The molecule has 0 atom stereocenters. The fraction of sp³-hybridized carbons (Fsp3) is 0.462. The maximum atomic E-state index is 11.6. The van der Waals surface area contributed by atoms with Gasteiger partial charge in [0.1, 0.15) is 5.75 Å². The first-order valence-corrected chi connectivity index (χ1v) is 6.28. The number of benzene rings is 1. The highest BCUT2D eigenvalue weighted by atomic mass is 16.5. The second-order valence-electron chi connectivity index (χ2n) is 4.65. The highest BCUT2D eigenvalue weighted by Crippen LogP contribution is 2.30. The molecule has 1 aromatic carbocycles. The predicted molar refractivity (Wildman–Crippen MR) is 74.4 cm³/mol. The summed E-state index contributed by atoms with van der Waals surface area (Å²) in [5.41, 5.74) is 3.63. The van der Waals surface area contributed by atoms with E-state index < -0.39 is 0 Å². The van der Waals surface area contributed by atoms with Gasteiger partial charge in [0.2, 0.25) is 0 Å². The van der Waals surface area contributed by atoms with Gasteiger partial charge in [0, 0.05) is 31.7 Å². The Hall–Kier alpha value is -1.79. The van der Waals surface area contributed by atoms with Crippen molar-refractivity contribution in [2.75, 3.05) is 45.2 Å². The van der Waals surface area contributed by atoms with Crippen molar-refractivity contribution in [3.8, 4) is 5.75 Å². The molecule has 1 saturated heterocycles. The van der Waals surface area contributed by atoms with Crippen molar-refractivity contribution in [2.45, 2.75) is 0 Å². The van der Waals surface area contributed by atoms with E-state index >= 15 is 0 Å². The third-order valence-electron chi connectivity index (χ3n) is 3.42. The summed E-state index contributed by atoms with van der Waals surface area (Å²) in [5.74, 6) is 5.65. The van der Waals surface area contributed by atoms with E-state index in [-0.39, 0.29) is 5.91 Å². The first-order chi connectivity index (χ1) is 9.15. The maximum Gasteiger partial charge on any atom is 0.265 e. The van der Waals surface area contributed by atoms with Gasteiger partial charge < -0.3 is 14.5 Å². The van der Waals surface area contributed by atoms with Crippen LogP contribution < -0.4 is 20.9 Å².